The number of benzene rings is 1. The molecule has 3 nitrogen and oxygen atoms in total. The van der Waals surface area contributed by atoms with Crippen molar-refractivity contribution in [3.63, 3.8) is 0 Å². The van der Waals surface area contributed by atoms with Crippen LogP contribution in [-0.4, -0.2) is 5.91 Å². The number of amides is 1. The molecule has 0 fully saturated rings. The maximum Gasteiger partial charge on any atom is 0.244 e. The molecule has 0 saturated heterocycles. The molecule has 0 bridgehead atoms. The van der Waals surface area contributed by atoms with Crippen molar-refractivity contribution in [1.29, 1.82) is 5.26 Å². The predicted octanol–water partition coefficient (Wildman–Crippen LogP) is 3.82. The zero-order chi connectivity index (χ0) is 13.1. The molecule has 0 aliphatic heterocycles. The number of carbonyl (C=O) groups is 1. The standard InChI is InChI=1S/C12H12ClIN2O/c1-3-12(2,7-15)11(17)16-10-5-4-8(14)6-9(10)13/h4-6H,3H2,1-2H3,(H,16,17). The summed E-state index contributed by atoms with van der Waals surface area (Å²) in [6, 6.07) is 7.36. The lowest BCUT2D eigenvalue weighted by molar-refractivity contribution is -0.122. The van der Waals surface area contributed by atoms with E-state index in [1.165, 1.54) is 0 Å². The van der Waals surface area contributed by atoms with Crippen LogP contribution in [0.3, 0.4) is 0 Å². The first-order chi connectivity index (χ1) is 7.92. The second-order valence-corrected chi connectivity index (χ2v) is 5.53. The first-order valence-corrected chi connectivity index (χ1v) is 6.56. The lowest BCUT2D eigenvalue weighted by atomic mass is 9.88. The zero-order valence-electron chi connectivity index (χ0n) is 9.55. The van der Waals surface area contributed by atoms with Crippen LogP contribution >= 0.6 is 34.2 Å². The van der Waals surface area contributed by atoms with Gasteiger partial charge in [-0.2, -0.15) is 5.26 Å². The summed E-state index contributed by atoms with van der Waals surface area (Å²) in [4.78, 5) is 11.9. The monoisotopic (exact) mass is 362 g/mol. The molecule has 90 valence electrons. The number of nitrogens with one attached hydrogen (secondary N) is 1. The van der Waals surface area contributed by atoms with Crippen LogP contribution < -0.4 is 5.32 Å². The van der Waals surface area contributed by atoms with Crippen molar-refractivity contribution in [2.75, 3.05) is 5.32 Å². The van der Waals surface area contributed by atoms with Gasteiger partial charge in [-0.25, -0.2) is 0 Å². The van der Waals surface area contributed by atoms with E-state index in [0.717, 1.165) is 3.57 Å². The Bertz CT molecular complexity index is 484. The Morgan fingerprint density at radius 2 is 2.29 bits per heavy atom. The molecule has 0 heterocycles. The Morgan fingerprint density at radius 3 is 2.76 bits per heavy atom. The summed E-state index contributed by atoms with van der Waals surface area (Å²) in [5, 5.41) is 12.2. The van der Waals surface area contributed by atoms with Gasteiger partial charge in [-0.1, -0.05) is 18.5 Å². The van der Waals surface area contributed by atoms with Gasteiger partial charge in [0.1, 0.15) is 5.41 Å². The lowest BCUT2D eigenvalue weighted by Crippen LogP contribution is -2.31. The Hall–Kier alpha value is -0.800. The molecule has 0 aliphatic carbocycles. The van der Waals surface area contributed by atoms with Gasteiger partial charge in [-0.3, -0.25) is 4.79 Å². The minimum Gasteiger partial charge on any atom is -0.323 e. The number of nitrogens with zero attached hydrogens (tertiary/aromatic N) is 1. The van der Waals surface area contributed by atoms with E-state index in [-0.39, 0.29) is 5.91 Å². The SMILES string of the molecule is CCC(C)(C#N)C(=O)Nc1ccc(I)cc1Cl. The number of nitriles is 1. The molecule has 0 aliphatic rings. The molecule has 0 spiro atoms. The number of hydrogen-bond acceptors (Lipinski definition) is 2. The fraction of sp³-hybridized carbons (Fsp3) is 0.333. The molecule has 1 aromatic carbocycles. The predicted molar refractivity (Wildman–Crippen MR) is 76.8 cm³/mol. The Morgan fingerprint density at radius 1 is 1.65 bits per heavy atom. The first-order valence-electron chi connectivity index (χ1n) is 5.10. The van der Waals surface area contributed by atoms with E-state index in [1.54, 1.807) is 26.0 Å². The molecule has 0 radical (unpaired) electrons. The quantitative estimate of drug-likeness (QED) is 0.831. The smallest absolute Gasteiger partial charge is 0.244 e. The van der Waals surface area contributed by atoms with Crippen LogP contribution in [0.4, 0.5) is 5.69 Å². The van der Waals surface area contributed by atoms with Gasteiger partial charge in [-0.05, 0) is 54.1 Å². The molecule has 5 heteroatoms. The maximum absolute atomic E-state index is 11.9. The van der Waals surface area contributed by atoms with Crippen molar-refractivity contribution in [2.24, 2.45) is 5.41 Å². The molecule has 0 aromatic heterocycles. The van der Waals surface area contributed by atoms with Crippen LogP contribution in [0.2, 0.25) is 5.02 Å². The summed E-state index contributed by atoms with van der Waals surface area (Å²) in [5.74, 6) is -0.328. The van der Waals surface area contributed by atoms with Crippen molar-refractivity contribution in [3.05, 3.63) is 26.8 Å². The summed E-state index contributed by atoms with van der Waals surface area (Å²) in [5.41, 5.74) is -0.487. The zero-order valence-corrected chi connectivity index (χ0v) is 12.5. The lowest BCUT2D eigenvalue weighted by Gasteiger charge is -2.19. The molecule has 1 atom stereocenters. The van der Waals surface area contributed by atoms with Crippen LogP contribution in [0.1, 0.15) is 20.3 Å². The molecule has 1 amide bonds. The Labute approximate surface area is 119 Å². The number of carbonyl (C=O) groups excluding carboxylic acids is 1. The number of halogens is 2. The fourth-order valence-corrected chi connectivity index (χ4v) is 2.04. The summed E-state index contributed by atoms with van der Waals surface area (Å²) in [6.07, 6.45) is 0.456. The van der Waals surface area contributed by atoms with Gasteiger partial charge < -0.3 is 5.32 Å². The summed E-state index contributed by atoms with van der Waals surface area (Å²) >= 11 is 8.14. The Balaban J connectivity index is 2.93. The molecular formula is C12H12ClIN2O. The number of hydrogen-bond donors (Lipinski definition) is 1. The van der Waals surface area contributed by atoms with Crippen LogP contribution in [-0.2, 0) is 4.79 Å². The number of rotatable bonds is 3. The molecule has 1 rings (SSSR count). The third kappa shape index (κ3) is 3.33. The second-order valence-electron chi connectivity index (χ2n) is 3.88. The Kier molecular flexibility index (Phi) is 4.78. The van der Waals surface area contributed by atoms with E-state index in [2.05, 4.69) is 27.9 Å². The highest BCUT2D eigenvalue weighted by molar-refractivity contribution is 14.1. The second kappa shape index (κ2) is 5.69. The molecule has 1 unspecified atom stereocenters. The van der Waals surface area contributed by atoms with Crippen molar-refractivity contribution in [3.8, 4) is 6.07 Å². The van der Waals surface area contributed by atoms with Crippen molar-refractivity contribution in [1.82, 2.24) is 0 Å². The molecule has 1 N–H and O–H groups in total. The topological polar surface area (TPSA) is 52.9 Å². The van der Waals surface area contributed by atoms with Gasteiger partial charge in [-0.15, -0.1) is 0 Å². The highest BCUT2D eigenvalue weighted by Crippen LogP contribution is 2.27. The van der Waals surface area contributed by atoms with E-state index in [1.807, 2.05) is 12.1 Å². The summed E-state index contributed by atoms with van der Waals surface area (Å²) in [7, 11) is 0. The average molecular weight is 363 g/mol. The van der Waals surface area contributed by atoms with Crippen LogP contribution in [0.5, 0.6) is 0 Å². The molecule has 17 heavy (non-hydrogen) atoms. The highest BCUT2D eigenvalue weighted by atomic mass is 127. The van der Waals surface area contributed by atoms with Gasteiger partial charge in [0.25, 0.3) is 0 Å². The van der Waals surface area contributed by atoms with E-state index >= 15 is 0 Å². The van der Waals surface area contributed by atoms with Gasteiger partial charge in [0.15, 0.2) is 0 Å². The van der Waals surface area contributed by atoms with Crippen LogP contribution in [0.25, 0.3) is 0 Å². The van der Waals surface area contributed by atoms with Crippen LogP contribution in [0, 0.1) is 20.3 Å². The number of anilines is 1. The first kappa shape index (κ1) is 14.3. The van der Waals surface area contributed by atoms with Gasteiger partial charge in [0, 0.05) is 3.57 Å². The van der Waals surface area contributed by atoms with Crippen molar-refractivity contribution >= 4 is 45.8 Å². The largest absolute Gasteiger partial charge is 0.323 e. The minimum atomic E-state index is -1.02. The third-order valence-corrected chi connectivity index (χ3v) is 3.62. The van der Waals surface area contributed by atoms with E-state index in [9.17, 15) is 4.79 Å². The highest BCUT2D eigenvalue weighted by Gasteiger charge is 2.31. The van der Waals surface area contributed by atoms with E-state index < -0.39 is 5.41 Å². The van der Waals surface area contributed by atoms with Crippen LogP contribution in [0.15, 0.2) is 18.2 Å². The summed E-state index contributed by atoms with van der Waals surface area (Å²) in [6.45, 7) is 3.42. The van der Waals surface area contributed by atoms with Gasteiger partial charge in [0.2, 0.25) is 5.91 Å². The van der Waals surface area contributed by atoms with Crippen molar-refractivity contribution in [2.45, 2.75) is 20.3 Å². The van der Waals surface area contributed by atoms with E-state index in [4.69, 9.17) is 16.9 Å². The summed E-state index contributed by atoms with van der Waals surface area (Å²) < 4.78 is 0.990. The molecule has 1 aromatic rings. The fourth-order valence-electron chi connectivity index (χ4n) is 1.14. The van der Waals surface area contributed by atoms with Crippen molar-refractivity contribution < 1.29 is 4.79 Å². The average Bonchev–Trinajstić information content (AvgIpc) is 2.31. The van der Waals surface area contributed by atoms with Gasteiger partial charge >= 0.3 is 0 Å². The minimum absolute atomic E-state index is 0.328. The molecule has 0 saturated carbocycles. The maximum atomic E-state index is 11.9. The third-order valence-electron chi connectivity index (χ3n) is 2.63. The molecular weight excluding hydrogens is 351 g/mol. The van der Waals surface area contributed by atoms with E-state index in [0.29, 0.717) is 17.1 Å². The van der Waals surface area contributed by atoms with Gasteiger partial charge in [0.05, 0.1) is 16.8 Å². The normalized spacial score (nSPS) is 13.6.